The van der Waals surface area contributed by atoms with E-state index in [4.69, 9.17) is 21.1 Å². The standard InChI is InChI=1S/C23H34ClN3O5/c1-22(2,3)31-20(29)26-19(25-16-17-10-12-18(24)13-11-17)27(14-8-7-9-15-28)21(30)32-23(4,5)6/h10-13,15H,7-9,14,16H2,1-6H3,(H,25,26,29). The molecular formula is C23H34ClN3O5. The second kappa shape index (κ2) is 12.4. The van der Waals surface area contributed by atoms with Gasteiger partial charge in [0.05, 0.1) is 6.54 Å². The van der Waals surface area contributed by atoms with E-state index in [1.54, 1.807) is 65.8 Å². The number of rotatable bonds is 7. The number of guanidine groups is 1. The second-order valence-corrected chi connectivity index (χ2v) is 9.62. The first-order chi connectivity index (χ1) is 14.8. The van der Waals surface area contributed by atoms with Crippen LogP contribution in [-0.2, 0) is 20.8 Å². The van der Waals surface area contributed by atoms with Crippen LogP contribution >= 0.6 is 11.6 Å². The highest BCUT2D eigenvalue weighted by atomic mass is 35.5. The average Bonchev–Trinajstić information content (AvgIpc) is 2.63. The van der Waals surface area contributed by atoms with Crippen molar-refractivity contribution in [1.82, 2.24) is 10.2 Å². The molecule has 0 fully saturated rings. The molecule has 0 heterocycles. The van der Waals surface area contributed by atoms with Crippen molar-refractivity contribution in [3.63, 3.8) is 0 Å². The molecule has 9 heteroatoms. The van der Waals surface area contributed by atoms with E-state index in [9.17, 15) is 14.4 Å². The number of amides is 2. The highest BCUT2D eigenvalue weighted by molar-refractivity contribution is 6.30. The molecule has 0 radical (unpaired) electrons. The highest BCUT2D eigenvalue weighted by Crippen LogP contribution is 2.14. The van der Waals surface area contributed by atoms with E-state index in [-0.39, 0.29) is 19.0 Å². The van der Waals surface area contributed by atoms with Crippen LogP contribution in [0, 0.1) is 0 Å². The van der Waals surface area contributed by atoms with Gasteiger partial charge in [0, 0.05) is 18.0 Å². The second-order valence-electron chi connectivity index (χ2n) is 9.19. The van der Waals surface area contributed by atoms with Gasteiger partial charge in [-0.2, -0.15) is 0 Å². The van der Waals surface area contributed by atoms with Gasteiger partial charge in [-0.15, -0.1) is 0 Å². The SMILES string of the molecule is CC(C)(C)OC(=O)NC(=NCc1ccc(Cl)cc1)N(CCCCC=O)C(=O)OC(C)(C)C. The summed E-state index contributed by atoms with van der Waals surface area (Å²) >= 11 is 5.94. The smallest absolute Gasteiger partial charge is 0.417 e. The molecule has 0 aliphatic rings. The molecule has 1 rings (SSSR count). The Morgan fingerprint density at radius 3 is 2.16 bits per heavy atom. The van der Waals surface area contributed by atoms with Gasteiger partial charge in [0.2, 0.25) is 5.96 Å². The van der Waals surface area contributed by atoms with E-state index >= 15 is 0 Å². The number of aldehydes is 1. The van der Waals surface area contributed by atoms with Crippen LogP contribution in [0.1, 0.15) is 66.4 Å². The number of alkyl carbamates (subject to hydrolysis) is 1. The fourth-order valence-electron chi connectivity index (χ4n) is 2.44. The Kier molecular flexibility index (Phi) is 10.7. The van der Waals surface area contributed by atoms with E-state index in [1.807, 2.05) is 0 Å². The summed E-state index contributed by atoms with van der Waals surface area (Å²) in [6.07, 6.45) is 0.905. The predicted molar refractivity (Wildman–Crippen MR) is 125 cm³/mol. The number of unbranched alkanes of at least 4 members (excludes halogenated alkanes) is 2. The number of aliphatic imine (C=N–C) groups is 1. The van der Waals surface area contributed by atoms with E-state index < -0.39 is 23.4 Å². The topological polar surface area (TPSA) is 97.3 Å². The molecule has 178 valence electrons. The van der Waals surface area contributed by atoms with Crippen molar-refractivity contribution in [3.8, 4) is 0 Å². The molecule has 1 aromatic carbocycles. The van der Waals surface area contributed by atoms with Crippen LogP contribution in [0.5, 0.6) is 0 Å². The largest absolute Gasteiger partial charge is 0.444 e. The summed E-state index contributed by atoms with van der Waals surface area (Å²) in [6, 6.07) is 7.08. The molecule has 0 unspecified atom stereocenters. The fourth-order valence-corrected chi connectivity index (χ4v) is 2.57. The summed E-state index contributed by atoms with van der Waals surface area (Å²) in [4.78, 5) is 41.8. The third-order valence-electron chi connectivity index (χ3n) is 3.76. The van der Waals surface area contributed by atoms with Crippen LogP contribution in [0.3, 0.4) is 0 Å². The van der Waals surface area contributed by atoms with Gasteiger partial charge in [-0.25, -0.2) is 19.5 Å². The van der Waals surface area contributed by atoms with Crippen molar-refractivity contribution >= 4 is 36.0 Å². The molecule has 2 amide bonds. The summed E-state index contributed by atoms with van der Waals surface area (Å²) in [5.74, 6) is 0.00885. The monoisotopic (exact) mass is 467 g/mol. The van der Waals surface area contributed by atoms with Gasteiger partial charge >= 0.3 is 12.2 Å². The lowest BCUT2D eigenvalue weighted by atomic mass is 10.2. The summed E-state index contributed by atoms with van der Waals surface area (Å²) in [5.41, 5.74) is -0.639. The Bertz CT molecular complexity index is 795. The third kappa shape index (κ3) is 11.7. The number of ether oxygens (including phenoxy) is 2. The van der Waals surface area contributed by atoms with Crippen LogP contribution in [0.2, 0.25) is 5.02 Å². The number of carbonyl (C=O) groups is 3. The molecule has 32 heavy (non-hydrogen) atoms. The van der Waals surface area contributed by atoms with Crippen LogP contribution in [0.15, 0.2) is 29.3 Å². The lowest BCUT2D eigenvalue weighted by molar-refractivity contribution is -0.107. The van der Waals surface area contributed by atoms with Gasteiger partial charge in [-0.05, 0) is 72.1 Å². The van der Waals surface area contributed by atoms with E-state index in [0.29, 0.717) is 24.3 Å². The molecule has 1 aromatic rings. The van der Waals surface area contributed by atoms with Crippen molar-refractivity contribution in [2.24, 2.45) is 4.99 Å². The van der Waals surface area contributed by atoms with Gasteiger partial charge in [-0.1, -0.05) is 23.7 Å². The molecule has 8 nitrogen and oxygen atoms in total. The van der Waals surface area contributed by atoms with Crippen LogP contribution in [0.25, 0.3) is 0 Å². The summed E-state index contributed by atoms with van der Waals surface area (Å²) < 4.78 is 10.9. The Balaban J connectivity index is 3.20. The maximum absolute atomic E-state index is 12.9. The molecule has 0 spiro atoms. The third-order valence-corrected chi connectivity index (χ3v) is 4.01. The van der Waals surface area contributed by atoms with Crippen LogP contribution < -0.4 is 5.32 Å². The summed E-state index contributed by atoms with van der Waals surface area (Å²) in [6.45, 7) is 10.9. The predicted octanol–water partition coefficient (Wildman–Crippen LogP) is 5.33. The average molecular weight is 468 g/mol. The minimum Gasteiger partial charge on any atom is -0.444 e. The number of hydrogen-bond donors (Lipinski definition) is 1. The van der Waals surface area contributed by atoms with Crippen LogP contribution in [-0.4, -0.2) is 47.1 Å². The van der Waals surface area contributed by atoms with E-state index in [0.717, 1.165) is 11.8 Å². The molecule has 0 atom stereocenters. The Hall–Kier alpha value is -2.61. The first kappa shape index (κ1) is 27.4. The lowest BCUT2D eigenvalue weighted by Gasteiger charge is -2.29. The van der Waals surface area contributed by atoms with Crippen molar-refractivity contribution in [2.45, 2.75) is 78.6 Å². The fraction of sp³-hybridized carbons (Fsp3) is 0.565. The maximum atomic E-state index is 12.9. The zero-order valence-corrected chi connectivity index (χ0v) is 20.5. The molecule has 0 aliphatic carbocycles. The summed E-state index contributed by atoms with van der Waals surface area (Å²) in [7, 11) is 0. The minimum atomic E-state index is -0.745. The number of benzene rings is 1. The van der Waals surface area contributed by atoms with Crippen molar-refractivity contribution in [2.75, 3.05) is 6.54 Å². The first-order valence-corrected chi connectivity index (χ1v) is 10.9. The Morgan fingerprint density at radius 1 is 1.03 bits per heavy atom. The van der Waals surface area contributed by atoms with Crippen molar-refractivity contribution < 1.29 is 23.9 Å². The summed E-state index contributed by atoms with van der Waals surface area (Å²) in [5, 5.41) is 3.17. The van der Waals surface area contributed by atoms with Gasteiger partial charge in [-0.3, -0.25) is 5.32 Å². The quantitative estimate of drug-likeness (QED) is 0.253. The van der Waals surface area contributed by atoms with Crippen LogP contribution in [0.4, 0.5) is 9.59 Å². The molecule has 0 aromatic heterocycles. The molecule has 0 bridgehead atoms. The lowest BCUT2D eigenvalue weighted by Crippen LogP contribution is -2.50. The normalized spacial score (nSPS) is 12.2. The minimum absolute atomic E-state index is 0.00885. The van der Waals surface area contributed by atoms with Gasteiger partial charge in [0.15, 0.2) is 0 Å². The number of nitrogens with zero attached hydrogens (tertiary/aromatic N) is 2. The number of nitrogens with one attached hydrogen (secondary N) is 1. The van der Waals surface area contributed by atoms with Gasteiger partial charge < -0.3 is 14.3 Å². The molecule has 1 N–H and O–H groups in total. The Morgan fingerprint density at radius 2 is 1.62 bits per heavy atom. The van der Waals surface area contributed by atoms with Crippen molar-refractivity contribution in [1.29, 1.82) is 0 Å². The molecule has 0 saturated heterocycles. The van der Waals surface area contributed by atoms with Gasteiger partial charge in [0.1, 0.15) is 17.5 Å². The van der Waals surface area contributed by atoms with Gasteiger partial charge in [0.25, 0.3) is 0 Å². The van der Waals surface area contributed by atoms with E-state index in [1.165, 1.54) is 4.90 Å². The molecule has 0 aliphatic heterocycles. The van der Waals surface area contributed by atoms with Crippen molar-refractivity contribution in [3.05, 3.63) is 34.9 Å². The first-order valence-electron chi connectivity index (χ1n) is 10.5. The Labute approximate surface area is 195 Å². The highest BCUT2D eigenvalue weighted by Gasteiger charge is 2.28. The maximum Gasteiger partial charge on any atom is 0.417 e. The number of halogens is 1. The number of hydrogen-bond acceptors (Lipinski definition) is 6. The molecular weight excluding hydrogens is 434 g/mol. The zero-order valence-electron chi connectivity index (χ0n) is 19.7. The number of carbonyl (C=O) groups excluding carboxylic acids is 3. The van der Waals surface area contributed by atoms with E-state index in [2.05, 4.69) is 10.3 Å². The zero-order chi connectivity index (χ0) is 24.4. The molecule has 0 saturated carbocycles.